The average Bonchev–Trinajstić information content (AvgIpc) is 2.51. The topological polar surface area (TPSA) is 150 Å². The Bertz CT molecular complexity index is 677. The lowest BCUT2D eigenvalue weighted by Gasteiger charge is -2.28. The molecular formula is C18H31NO10P-. The van der Waals surface area contributed by atoms with Crippen molar-refractivity contribution in [2.45, 2.75) is 65.7 Å². The van der Waals surface area contributed by atoms with E-state index in [9.17, 15) is 23.8 Å². The normalized spacial score (nSPS) is 14.8. The predicted molar refractivity (Wildman–Crippen MR) is 104 cm³/mol. The number of alkyl carbamates (subject to hydrolysis) is 1. The highest BCUT2D eigenvalue weighted by molar-refractivity contribution is 7.45. The second-order valence-electron chi connectivity index (χ2n) is 8.22. The number of carbonyl (C=O) groups is 3. The Morgan fingerprint density at radius 1 is 1.00 bits per heavy atom. The van der Waals surface area contributed by atoms with Gasteiger partial charge in [0.2, 0.25) is 0 Å². The summed E-state index contributed by atoms with van der Waals surface area (Å²) in [5.74, 6) is -1.63. The van der Waals surface area contributed by atoms with Crippen LogP contribution in [0.3, 0.4) is 0 Å². The van der Waals surface area contributed by atoms with Gasteiger partial charge in [0.15, 0.2) is 6.04 Å². The average molecular weight is 452 g/mol. The van der Waals surface area contributed by atoms with Crippen LogP contribution in [0.5, 0.6) is 0 Å². The first-order valence-electron chi connectivity index (χ1n) is 9.07. The number of phosphoric acid groups is 1. The lowest BCUT2D eigenvalue weighted by atomic mass is 10.2. The van der Waals surface area contributed by atoms with E-state index in [1.807, 2.05) is 0 Å². The van der Waals surface area contributed by atoms with E-state index in [4.69, 9.17) is 9.47 Å². The van der Waals surface area contributed by atoms with Crippen LogP contribution in [-0.4, -0.2) is 55.1 Å². The second kappa shape index (κ2) is 11.5. The summed E-state index contributed by atoms with van der Waals surface area (Å²) in [6.07, 6.45) is -0.963. The number of esters is 2. The maximum atomic E-state index is 12.3. The number of nitrogens with one attached hydrogen (secondary N) is 1. The van der Waals surface area contributed by atoms with E-state index in [0.29, 0.717) is 0 Å². The summed E-state index contributed by atoms with van der Waals surface area (Å²) >= 11 is 0. The highest BCUT2D eigenvalue weighted by Crippen LogP contribution is 2.38. The number of hydrogen-bond donors (Lipinski definition) is 1. The van der Waals surface area contributed by atoms with Gasteiger partial charge >= 0.3 is 18.0 Å². The van der Waals surface area contributed by atoms with Gasteiger partial charge in [0.25, 0.3) is 7.82 Å². The van der Waals surface area contributed by atoms with Gasteiger partial charge in [0, 0.05) is 5.57 Å². The molecule has 12 heteroatoms. The third-order valence-corrected chi connectivity index (χ3v) is 3.66. The van der Waals surface area contributed by atoms with E-state index >= 15 is 0 Å². The van der Waals surface area contributed by atoms with Crippen LogP contribution in [0.4, 0.5) is 4.79 Å². The molecule has 0 radical (unpaired) electrons. The molecule has 0 aromatic heterocycles. The SMILES string of the molecule is C=C(C)C(=O)OCCOP(=O)([O-])OCC(NC(=O)OC(C)(C)C)C(=O)OC(C)(C)C. The van der Waals surface area contributed by atoms with Crippen molar-refractivity contribution in [2.24, 2.45) is 0 Å². The number of ether oxygens (including phenoxy) is 3. The van der Waals surface area contributed by atoms with Gasteiger partial charge in [-0.2, -0.15) is 0 Å². The smallest absolute Gasteiger partial charge is 0.408 e. The molecule has 0 spiro atoms. The van der Waals surface area contributed by atoms with E-state index in [-0.39, 0.29) is 12.2 Å². The lowest BCUT2D eigenvalue weighted by molar-refractivity contribution is -0.227. The number of amides is 1. The molecule has 2 unspecified atom stereocenters. The first-order valence-corrected chi connectivity index (χ1v) is 10.5. The molecular weight excluding hydrogens is 421 g/mol. The molecule has 1 N–H and O–H groups in total. The number of phosphoric ester groups is 1. The Hall–Kier alpha value is -1.94. The molecule has 0 aliphatic heterocycles. The highest BCUT2D eigenvalue weighted by atomic mass is 31.2. The van der Waals surface area contributed by atoms with Gasteiger partial charge in [-0.05, 0) is 48.5 Å². The van der Waals surface area contributed by atoms with E-state index in [0.717, 1.165) is 0 Å². The monoisotopic (exact) mass is 452 g/mol. The summed E-state index contributed by atoms with van der Waals surface area (Å²) in [7, 11) is -4.87. The third kappa shape index (κ3) is 14.1. The Balaban J connectivity index is 4.89. The molecule has 2 atom stereocenters. The van der Waals surface area contributed by atoms with Crippen molar-refractivity contribution in [3.63, 3.8) is 0 Å². The predicted octanol–water partition coefficient (Wildman–Crippen LogP) is 1.84. The van der Waals surface area contributed by atoms with Crippen molar-refractivity contribution in [2.75, 3.05) is 19.8 Å². The molecule has 0 aromatic rings. The van der Waals surface area contributed by atoms with Crippen LogP contribution in [-0.2, 0) is 37.4 Å². The molecule has 0 aromatic carbocycles. The van der Waals surface area contributed by atoms with Crippen LogP contribution in [0.1, 0.15) is 48.5 Å². The van der Waals surface area contributed by atoms with Crippen molar-refractivity contribution in [3.05, 3.63) is 12.2 Å². The third-order valence-electron chi connectivity index (χ3n) is 2.70. The van der Waals surface area contributed by atoms with Crippen LogP contribution >= 0.6 is 7.82 Å². The molecule has 174 valence electrons. The summed E-state index contributed by atoms with van der Waals surface area (Å²) < 4.78 is 36.0. The minimum atomic E-state index is -4.87. The van der Waals surface area contributed by atoms with Crippen molar-refractivity contribution in [1.82, 2.24) is 5.32 Å². The summed E-state index contributed by atoms with van der Waals surface area (Å²) in [5, 5.41) is 2.21. The van der Waals surface area contributed by atoms with Gasteiger partial charge in [0.1, 0.15) is 17.8 Å². The standard InChI is InChI=1S/C18H32NO10P/c1-12(2)14(20)25-9-10-26-30(23,24)27-11-13(15(21)28-17(3,4)5)19-16(22)29-18(6,7)8/h13H,1,9-11H2,2-8H3,(H,19,22)(H,23,24)/p-1. The van der Waals surface area contributed by atoms with E-state index in [1.54, 1.807) is 41.5 Å². The second-order valence-corrected chi connectivity index (χ2v) is 9.64. The highest BCUT2D eigenvalue weighted by Gasteiger charge is 2.30. The Morgan fingerprint density at radius 2 is 1.53 bits per heavy atom. The molecule has 11 nitrogen and oxygen atoms in total. The molecule has 0 saturated heterocycles. The molecule has 0 fully saturated rings. The zero-order valence-corrected chi connectivity index (χ0v) is 19.3. The summed E-state index contributed by atoms with van der Waals surface area (Å²) in [4.78, 5) is 47.3. The zero-order valence-electron chi connectivity index (χ0n) is 18.4. The largest absolute Gasteiger partial charge is 0.756 e. The van der Waals surface area contributed by atoms with E-state index < -0.39 is 56.3 Å². The van der Waals surface area contributed by atoms with E-state index in [1.165, 1.54) is 6.92 Å². The quantitative estimate of drug-likeness (QED) is 0.171. The summed E-state index contributed by atoms with van der Waals surface area (Å²) in [5.41, 5.74) is -1.60. The molecule has 0 rings (SSSR count). The maximum Gasteiger partial charge on any atom is 0.408 e. The molecule has 0 heterocycles. The Morgan fingerprint density at radius 3 is 2.00 bits per heavy atom. The van der Waals surface area contributed by atoms with Gasteiger partial charge in [-0.1, -0.05) is 6.58 Å². The van der Waals surface area contributed by atoms with Gasteiger partial charge in [-0.15, -0.1) is 0 Å². The first-order chi connectivity index (χ1) is 13.4. The van der Waals surface area contributed by atoms with Crippen molar-refractivity contribution in [3.8, 4) is 0 Å². The fourth-order valence-corrected chi connectivity index (χ4v) is 2.31. The first kappa shape index (κ1) is 28.1. The van der Waals surface area contributed by atoms with Crippen LogP contribution in [0, 0.1) is 0 Å². The van der Waals surface area contributed by atoms with Gasteiger partial charge in [0.05, 0.1) is 13.2 Å². The van der Waals surface area contributed by atoms with Gasteiger partial charge in [-0.3, -0.25) is 4.57 Å². The van der Waals surface area contributed by atoms with Crippen molar-refractivity contribution in [1.29, 1.82) is 0 Å². The summed E-state index contributed by atoms with van der Waals surface area (Å²) in [6.45, 7) is 12.8. The van der Waals surface area contributed by atoms with Gasteiger partial charge < -0.3 is 33.5 Å². The van der Waals surface area contributed by atoms with Crippen LogP contribution in [0.25, 0.3) is 0 Å². The molecule has 0 saturated carbocycles. The van der Waals surface area contributed by atoms with Crippen LogP contribution < -0.4 is 10.2 Å². The number of hydrogen-bond acceptors (Lipinski definition) is 10. The van der Waals surface area contributed by atoms with E-state index in [2.05, 4.69) is 25.7 Å². The zero-order chi connectivity index (χ0) is 23.8. The molecule has 1 amide bonds. The number of carbonyl (C=O) groups excluding carboxylic acids is 3. The minimum absolute atomic E-state index is 0.143. The molecule has 0 aliphatic rings. The molecule has 0 aliphatic carbocycles. The van der Waals surface area contributed by atoms with Crippen molar-refractivity contribution >= 4 is 25.9 Å². The Kier molecular flexibility index (Phi) is 10.7. The molecule has 30 heavy (non-hydrogen) atoms. The van der Waals surface area contributed by atoms with Crippen LogP contribution in [0.15, 0.2) is 12.2 Å². The van der Waals surface area contributed by atoms with Crippen LogP contribution in [0.2, 0.25) is 0 Å². The van der Waals surface area contributed by atoms with Gasteiger partial charge in [-0.25, -0.2) is 14.4 Å². The number of rotatable bonds is 10. The van der Waals surface area contributed by atoms with Crippen molar-refractivity contribution < 1.29 is 47.1 Å². The lowest BCUT2D eigenvalue weighted by Crippen LogP contribution is -2.48. The fraction of sp³-hybridized carbons (Fsp3) is 0.722. The Labute approximate surface area is 176 Å². The fourth-order valence-electron chi connectivity index (χ4n) is 1.60. The maximum absolute atomic E-state index is 12.3. The minimum Gasteiger partial charge on any atom is -0.756 e. The molecule has 0 bridgehead atoms. The summed E-state index contributed by atoms with van der Waals surface area (Å²) in [6, 6.07) is -1.48.